The lowest BCUT2D eigenvalue weighted by Gasteiger charge is -2.04. The third-order valence-corrected chi connectivity index (χ3v) is 3.67. The molecule has 0 N–H and O–H groups in total. The molecule has 6 nitrogen and oxygen atoms in total. The molecular formula is C19H13N3O3. The Bertz CT molecular complexity index is 984. The van der Waals surface area contributed by atoms with Crippen molar-refractivity contribution in [3.8, 4) is 18.0 Å². The van der Waals surface area contributed by atoms with E-state index in [2.05, 4.69) is 0 Å². The van der Waals surface area contributed by atoms with E-state index >= 15 is 0 Å². The van der Waals surface area contributed by atoms with Crippen LogP contribution in [-0.2, 0) is 11.3 Å². The number of hydrogen-bond donors (Lipinski definition) is 0. The average molecular weight is 331 g/mol. The summed E-state index contributed by atoms with van der Waals surface area (Å²) in [5.41, 5.74) is 1.54. The van der Waals surface area contributed by atoms with E-state index in [0.717, 1.165) is 5.56 Å². The number of carbonyl (C=O) groups is 1. The maximum Gasteiger partial charge on any atom is 0.343 e. The second-order valence-corrected chi connectivity index (χ2v) is 5.30. The standard InChI is InChI=1S/C19H13N3O3/c1-13-17(16(11-21)18(25-13)22-8-2-3-9-22)19(23)24-12-15-6-4-14(10-20)5-7-15/h2-9H,12H2,1H3. The Kier molecular flexibility index (Phi) is 4.36. The van der Waals surface area contributed by atoms with Crippen molar-refractivity contribution in [3.05, 3.63) is 76.8 Å². The van der Waals surface area contributed by atoms with E-state index in [9.17, 15) is 10.1 Å². The molecule has 3 aromatic rings. The Morgan fingerprint density at radius 2 is 1.84 bits per heavy atom. The summed E-state index contributed by atoms with van der Waals surface area (Å²) in [7, 11) is 0. The summed E-state index contributed by atoms with van der Waals surface area (Å²) >= 11 is 0. The molecular weight excluding hydrogens is 318 g/mol. The van der Waals surface area contributed by atoms with Crippen LogP contribution in [0, 0.1) is 29.6 Å². The molecule has 122 valence electrons. The van der Waals surface area contributed by atoms with Gasteiger partial charge in [-0.05, 0) is 36.8 Å². The number of aromatic nitrogens is 1. The van der Waals surface area contributed by atoms with Crippen LogP contribution in [0.4, 0.5) is 0 Å². The maximum atomic E-state index is 12.4. The zero-order valence-electron chi connectivity index (χ0n) is 13.4. The summed E-state index contributed by atoms with van der Waals surface area (Å²) in [5.74, 6) is -0.0130. The first-order chi connectivity index (χ1) is 12.1. The molecule has 3 rings (SSSR count). The molecule has 0 unspecified atom stereocenters. The van der Waals surface area contributed by atoms with Crippen molar-refractivity contribution in [3.63, 3.8) is 0 Å². The van der Waals surface area contributed by atoms with Crippen molar-refractivity contribution in [1.82, 2.24) is 4.57 Å². The summed E-state index contributed by atoms with van der Waals surface area (Å²) in [5, 5.41) is 18.2. The highest BCUT2D eigenvalue weighted by Gasteiger charge is 2.25. The van der Waals surface area contributed by atoms with Gasteiger partial charge in [-0.15, -0.1) is 0 Å². The van der Waals surface area contributed by atoms with Crippen LogP contribution in [0.3, 0.4) is 0 Å². The minimum absolute atomic E-state index is 0.0406. The molecule has 0 spiro atoms. The van der Waals surface area contributed by atoms with Crippen LogP contribution < -0.4 is 0 Å². The summed E-state index contributed by atoms with van der Waals surface area (Å²) in [6.07, 6.45) is 3.45. The number of furan rings is 1. The van der Waals surface area contributed by atoms with E-state index in [1.54, 1.807) is 60.3 Å². The van der Waals surface area contributed by atoms with Crippen molar-refractivity contribution in [2.24, 2.45) is 0 Å². The van der Waals surface area contributed by atoms with E-state index < -0.39 is 5.97 Å². The van der Waals surface area contributed by atoms with E-state index in [4.69, 9.17) is 14.4 Å². The van der Waals surface area contributed by atoms with Gasteiger partial charge in [-0.2, -0.15) is 10.5 Å². The average Bonchev–Trinajstić information content (AvgIpc) is 3.27. The molecule has 0 amide bonds. The minimum atomic E-state index is -0.624. The van der Waals surface area contributed by atoms with Crippen molar-refractivity contribution in [2.75, 3.05) is 0 Å². The third kappa shape index (κ3) is 3.15. The van der Waals surface area contributed by atoms with Crippen molar-refractivity contribution in [1.29, 1.82) is 10.5 Å². The Morgan fingerprint density at radius 3 is 2.44 bits per heavy atom. The molecule has 0 bridgehead atoms. The van der Waals surface area contributed by atoms with E-state index in [-0.39, 0.29) is 23.6 Å². The first-order valence-electron chi connectivity index (χ1n) is 7.47. The molecule has 0 saturated carbocycles. The number of ether oxygens (including phenoxy) is 1. The van der Waals surface area contributed by atoms with Gasteiger partial charge in [0.2, 0.25) is 5.88 Å². The van der Waals surface area contributed by atoms with Crippen molar-refractivity contribution >= 4 is 5.97 Å². The normalized spacial score (nSPS) is 10.0. The van der Waals surface area contributed by atoms with Gasteiger partial charge in [0, 0.05) is 12.4 Å². The van der Waals surface area contributed by atoms with E-state index in [1.165, 1.54) is 0 Å². The highest BCUT2D eigenvalue weighted by Crippen LogP contribution is 2.26. The number of aryl methyl sites for hydroxylation is 1. The molecule has 0 saturated heterocycles. The molecule has 0 fully saturated rings. The number of benzene rings is 1. The number of nitriles is 2. The van der Waals surface area contributed by atoms with Gasteiger partial charge in [-0.25, -0.2) is 4.79 Å². The zero-order chi connectivity index (χ0) is 17.8. The zero-order valence-corrected chi connectivity index (χ0v) is 13.4. The molecule has 0 aliphatic rings. The van der Waals surface area contributed by atoms with Gasteiger partial charge in [0.15, 0.2) is 0 Å². The predicted octanol–water partition coefficient (Wildman–Crippen LogP) is 3.48. The molecule has 0 atom stereocenters. The number of rotatable bonds is 4. The molecule has 1 aromatic carbocycles. The quantitative estimate of drug-likeness (QED) is 0.682. The first-order valence-corrected chi connectivity index (χ1v) is 7.47. The fourth-order valence-corrected chi connectivity index (χ4v) is 2.43. The fraction of sp³-hybridized carbons (Fsp3) is 0.105. The maximum absolute atomic E-state index is 12.4. The number of hydrogen-bond acceptors (Lipinski definition) is 5. The Morgan fingerprint density at radius 1 is 1.16 bits per heavy atom. The number of carbonyl (C=O) groups excluding carboxylic acids is 1. The third-order valence-electron chi connectivity index (χ3n) is 3.67. The molecule has 2 aromatic heterocycles. The highest BCUT2D eigenvalue weighted by molar-refractivity contribution is 5.94. The van der Waals surface area contributed by atoms with Gasteiger partial charge in [-0.1, -0.05) is 12.1 Å². The lowest BCUT2D eigenvalue weighted by molar-refractivity contribution is 0.0470. The fourth-order valence-electron chi connectivity index (χ4n) is 2.43. The highest BCUT2D eigenvalue weighted by atomic mass is 16.5. The monoisotopic (exact) mass is 331 g/mol. The summed E-state index contributed by atoms with van der Waals surface area (Å²) < 4.78 is 12.5. The second-order valence-electron chi connectivity index (χ2n) is 5.30. The van der Waals surface area contributed by atoms with Crippen LogP contribution in [0.1, 0.15) is 32.8 Å². The number of nitrogens with zero attached hydrogens (tertiary/aromatic N) is 3. The van der Waals surface area contributed by atoms with Crippen LogP contribution in [0.5, 0.6) is 0 Å². The van der Waals surface area contributed by atoms with Crippen LogP contribution in [0.15, 0.2) is 53.2 Å². The van der Waals surface area contributed by atoms with Crippen LogP contribution in [0.25, 0.3) is 5.88 Å². The van der Waals surface area contributed by atoms with E-state index in [1.807, 2.05) is 12.1 Å². The lowest BCUT2D eigenvalue weighted by Crippen LogP contribution is -2.08. The molecule has 25 heavy (non-hydrogen) atoms. The van der Waals surface area contributed by atoms with Gasteiger partial charge < -0.3 is 9.15 Å². The smallest absolute Gasteiger partial charge is 0.343 e. The summed E-state index contributed by atoms with van der Waals surface area (Å²) in [4.78, 5) is 12.4. The van der Waals surface area contributed by atoms with Crippen LogP contribution in [0.2, 0.25) is 0 Å². The van der Waals surface area contributed by atoms with Crippen LogP contribution >= 0.6 is 0 Å². The Hall–Kier alpha value is -3.77. The predicted molar refractivity (Wildman–Crippen MR) is 87.8 cm³/mol. The van der Waals surface area contributed by atoms with Crippen molar-refractivity contribution < 1.29 is 13.9 Å². The second kappa shape index (κ2) is 6.77. The van der Waals surface area contributed by atoms with Gasteiger partial charge in [0.25, 0.3) is 0 Å². The Labute approximate surface area is 144 Å². The van der Waals surface area contributed by atoms with Gasteiger partial charge in [0.1, 0.15) is 29.6 Å². The summed E-state index contributed by atoms with van der Waals surface area (Å²) in [6, 6.07) is 14.4. The number of esters is 1. The lowest BCUT2D eigenvalue weighted by atomic mass is 10.1. The molecule has 0 aliphatic heterocycles. The molecule has 0 aliphatic carbocycles. The largest absolute Gasteiger partial charge is 0.457 e. The van der Waals surface area contributed by atoms with Gasteiger partial charge in [0.05, 0.1) is 11.6 Å². The molecule has 6 heteroatoms. The molecule has 0 radical (unpaired) electrons. The Balaban J connectivity index is 1.82. The van der Waals surface area contributed by atoms with Gasteiger partial charge >= 0.3 is 5.97 Å². The van der Waals surface area contributed by atoms with Gasteiger partial charge in [-0.3, -0.25) is 4.57 Å². The minimum Gasteiger partial charge on any atom is -0.457 e. The van der Waals surface area contributed by atoms with E-state index in [0.29, 0.717) is 11.3 Å². The van der Waals surface area contributed by atoms with Crippen LogP contribution in [-0.4, -0.2) is 10.5 Å². The SMILES string of the molecule is Cc1oc(-n2cccc2)c(C#N)c1C(=O)OCc1ccc(C#N)cc1. The van der Waals surface area contributed by atoms with Crippen molar-refractivity contribution in [2.45, 2.75) is 13.5 Å². The summed E-state index contributed by atoms with van der Waals surface area (Å²) in [6.45, 7) is 1.66. The first kappa shape index (κ1) is 16.1. The topological polar surface area (TPSA) is 91.9 Å². The molecule has 2 heterocycles.